The van der Waals surface area contributed by atoms with Crippen LogP contribution in [0.3, 0.4) is 0 Å². The van der Waals surface area contributed by atoms with Gasteiger partial charge in [-0.3, -0.25) is 0 Å². The number of nitrogens with zero attached hydrogens (tertiary/aromatic N) is 2. The molecule has 0 aliphatic heterocycles. The zero-order chi connectivity index (χ0) is 38.0. The maximum atomic E-state index is 13.5. The summed E-state index contributed by atoms with van der Waals surface area (Å²) in [6, 6.07) is 0. The molecule has 0 aliphatic rings. The van der Waals surface area contributed by atoms with Crippen LogP contribution in [0.1, 0.15) is 201 Å². The van der Waals surface area contributed by atoms with Crippen molar-refractivity contribution in [1.82, 2.24) is 9.80 Å². The number of unbranched alkanes of at least 4 members (excludes halogenated alkanes) is 17. The molecule has 0 aromatic heterocycles. The molecular weight excluding hydrogens is 637 g/mol. The molecule has 0 saturated carbocycles. The molecule has 0 heterocycles. The van der Waals surface area contributed by atoms with Gasteiger partial charge in [0.1, 0.15) is 6.10 Å². The Morgan fingerprint density at radius 2 is 0.885 bits per heavy atom. The second-order valence-electron chi connectivity index (χ2n) is 15.2. The molecule has 0 aromatic carbocycles. The molecule has 302 valence electrons. The smallest absolute Gasteiger partial charge is 0.410 e. The summed E-state index contributed by atoms with van der Waals surface area (Å²) in [5, 5.41) is 0. The highest BCUT2D eigenvalue weighted by Gasteiger charge is 2.20. The Morgan fingerprint density at radius 1 is 0.462 bits per heavy atom. The van der Waals surface area contributed by atoms with Gasteiger partial charge in [-0.1, -0.05) is 152 Å². The van der Waals surface area contributed by atoms with Crippen LogP contribution < -0.4 is 0 Å². The predicted molar refractivity (Wildman–Crippen MR) is 232 cm³/mol. The fraction of sp³-hybridized carbons (Fsp3) is 0.771. The van der Waals surface area contributed by atoms with E-state index in [1.807, 2.05) is 4.90 Å². The molecule has 1 amide bonds. The first-order valence-corrected chi connectivity index (χ1v) is 22.4. The van der Waals surface area contributed by atoms with Crippen molar-refractivity contribution in [3.8, 4) is 0 Å². The number of ether oxygens (including phenoxy) is 1. The van der Waals surface area contributed by atoms with Gasteiger partial charge in [0.2, 0.25) is 0 Å². The first kappa shape index (κ1) is 49.9. The molecule has 0 aliphatic carbocycles. The van der Waals surface area contributed by atoms with Crippen LogP contribution in [0.5, 0.6) is 0 Å². The van der Waals surface area contributed by atoms with Crippen LogP contribution in [-0.4, -0.2) is 55.7 Å². The van der Waals surface area contributed by atoms with Gasteiger partial charge >= 0.3 is 6.09 Å². The van der Waals surface area contributed by atoms with Crippen molar-refractivity contribution in [2.75, 3.05) is 33.7 Å². The summed E-state index contributed by atoms with van der Waals surface area (Å²) in [7, 11) is 4.21. The van der Waals surface area contributed by atoms with E-state index in [0.29, 0.717) is 0 Å². The van der Waals surface area contributed by atoms with Gasteiger partial charge in [-0.15, -0.1) is 0 Å². The summed E-state index contributed by atoms with van der Waals surface area (Å²) in [5.74, 6) is 0. The molecule has 1 unspecified atom stereocenters. The Labute approximate surface area is 325 Å². The van der Waals surface area contributed by atoms with Crippen LogP contribution in [0, 0.1) is 0 Å². The number of carbonyl (C=O) groups is 1. The highest BCUT2D eigenvalue weighted by Crippen LogP contribution is 2.19. The quantitative estimate of drug-likeness (QED) is 0.0469. The van der Waals surface area contributed by atoms with Gasteiger partial charge in [0.05, 0.1) is 0 Å². The lowest BCUT2D eigenvalue weighted by Crippen LogP contribution is -2.37. The van der Waals surface area contributed by atoms with Gasteiger partial charge < -0.3 is 14.5 Å². The fourth-order valence-electron chi connectivity index (χ4n) is 6.39. The van der Waals surface area contributed by atoms with E-state index in [-0.39, 0.29) is 12.2 Å². The molecule has 0 rings (SSSR count). The summed E-state index contributed by atoms with van der Waals surface area (Å²) >= 11 is 0. The molecule has 52 heavy (non-hydrogen) atoms. The van der Waals surface area contributed by atoms with E-state index in [1.54, 1.807) is 0 Å². The largest absolute Gasteiger partial charge is 0.446 e. The first-order chi connectivity index (χ1) is 25.5. The molecule has 0 fully saturated rings. The Balaban J connectivity index is 4.67. The summed E-state index contributed by atoms with van der Waals surface area (Å²) in [6.45, 7) is 9.22. The van der Waals surface area contributed by atoms with Crippen LogP contribution in [0.2, 0.25) is 0 Å². The standard InChI is InChI=1S/C48H88N2O2/c1-6-9-12-15-17-19-21-23-25-27-29-31-33-35-38-42-47(43-39-36-34-32-30-28-26-24-22-20-18-16-13-10-7-2)52-48(51)50(46-41-44-49(4)5)45-40-37-14-11-8-3/h11,14-15,17-18,20-21,23-24,26,47H,6-10,12-13,16,19,22,25,27-46H2,1-5H3/b14-11+,17-15+,20-18+,23-21+,26-24+. The summed E-state index contributed by atoms with van der Waals surface area (Å²) in [4.78, 5) is 17.7. The lowest BCUT2D eigenvalue weighted by atomic mass is 10.0. The van der Waals surface area contributed by atoms with E-state index in [1.165, 1.54) is 116 Å². The van der Waals surface area contributed by atoms with Crippen molar-refractivity contribution >= 4 is 6.09 Å². The zero-order valence-electron chi connectivity index (χ0n) is 35.5. The van der Waals surface area contributed by atoms with Gasteiger partial charge in [0.25, 0.3) is 0 Å². The molecule has 4 heteroatoms. The van der Waals surface area contributed by atoms with E-state index < -0.39 is 0 Å². The average molecular weight is 725 g/mol. The third-order valence-corrected chi connectivity index (χ3v) is 9.71. The molecule has 0 bridgehead atoms. The zero-order valence-corrected chi connectivity index (χ0v) is 35.5. The van der Waals surface area contributed by atoms with E-state index in [9.17, 15) is 4.79 Å². The Hall–Kier alpha value is -2.07. The molecule has 0 saturated heterocycles. The van der Waals surface area contributed by atoms with Crippen molar-refractivity contribution in [1.29, 1.82) is 0 Å². The van der Waals surface area contributed by atoms with E-state index in [0.717, 1.165) is 83.8 Å². The highest BCUT2D eigenvalue weighted by molar-refractivity contribution is 5.67. The number of hydrogen-bond donors (Lipinski definition) is 0. The summed E-state index contributed by atoms with van der Waals surface area (Å²) in [5.41, 5.74) is 0. The normalized spacial score (nSPS) is 13.0. The van der Waals surface area contributed by atoms with E-state index in [2.05, 4.69) is 101 Å². The second-order valence-corrected chi connectivity index (χ2v) is 15.2. The Bertz CT molecular complexity index is 887. The van der Waals surface area contributed by atoms with Crippen molar-refractivity contribution < 1.29 is 9.53 Å². The maximum absolute atomic E-state index is 13.5. The Kier molecular flexibility index (Phi) is 40.0. The minimum absolute atomic E-state index is 0.0444. The molecule has 0 aromatic rings. The minimum Gasteiger partial charge on any atom is -0.446 e. The van der Waals surface area contributed by atoms with Gasteiger partial charge in [0, 0.05) is 13.1 Å². The van der Waals surface area contributed by atoms with Crippen LogP contribution in [-0.2, 0) is 4.74 Å². The monoisotopic (exact) mass is 725 g/mol. The topological polar surface area (TPSA) is 32.8 Å². The van der Waals surface area contributed by atoms with Gasteiger partial charge in [0.15, 0.2) is 0 Å². The van der Waals surface area contributed by atoms with Crippen LogP contribution in [0.15, 0.2) is 60.8 Å². The van der Waals surface area contributed by atoms with Crippen LogP contribution in [0.25, 0.3) is 0 Å². The highest BCUT2D eigenvalue weighted by atomic mass is 16.6. The molecule has 0 radical (unpaired) electrons. The average Bonchev–Trinajstić information content (AvgIpc) is 3.13. The lowest BCUT2D eigenvalue weighted by molar-refractivity contribution is 0.0515. The van der Waals surface area contributed by atoms with E-state index >= 15 is 0 Å². The molecule has 4 nitrogen and oxygen atoms in total. The molecule has 1 atom stereocenters. The van der Waals surface area contributed by atoms with Crippen molar-refractivity contribution in [2.45, 2.75) is 207 Å². The number of allylic oxidation sites excluding steroid dienone is 10. The van der Waals surface area contributed by atoms with Crippen molar-refractivity contribution in [2.24, 2.45) is 0 Å². The van der Waals surface area contributed by atoms with Crippen LogP contribution in [0.4, 0.5) is 4.79 Å². The first-order valence-electron chi connectivity index (χ1n) is 22.4. The Morgan fingerprint density at radius 3 is 1.38 bits per heavy atom. The second kappa shape index (κ2) is 41.7. The minimum atomic E-state index is -0.0877. The third-order valence-electron chi connectivity index (χ3n) is 9.71. The third kappa shape index (κ3) is 37.7. The van der Waals surface area contributed by atoms with E-state index in [4.69, 9.17) is 4.74 Å². The van der Waals surface area contributed by atoms with Gasteiger partial charge in [-0.2, -0.15) is 0 Å². The number of carbonyl (C=O) groups excluding carboxylic acids is 1. The van der Waals surface area contributed by atoms with Crippen LogP contribution >= 0.6 is 0 Å². The number of amides is 1. The maximum Gasteiger partial charge on any atom is 0.410 e. The SMILES string of the molecule is CC/C=C/CCCN(CCCN(C)C)C(=O)OC(CCCCCCC/C=C/C/C=C/CCCCC)CCCCCCCC/C=C/C/C=C/CCCC. The van der Waals surface area contributed by atoms with Gasteiger partial charge in [-0.05, 0) is 130 Å². The lowest BCUT2D eigenvalue weighted by Gasteiger charge is -2.26. The fourth-order valence-corrected chi connectivity index (χ4v) is 6.39. The van der Waals surface area contributed by atoms with Crippen molar-refractivity contribution in [3.05, 3.63) is 60.8 Å². The molecule has 0 N–H and O–H groups in total. The predicted octanol–water partition coefficient (Wildman–Crippen LogP) is 15.1. The van der Waals surface area contributed by atoms with Gasteiger partial charge in [-0.25, -0.2) is 4.79 Å². The summed E-state index contributed by atoms with van der Waals surface area (Å²) < 4.78 is 6.31. The van der Waals surface area contributed by atoms with Crippen molar-refractivity contribution in [3.63, 3.8) is 0 Å². The number of rotatable bonds is 38. The molecular formula is C48H88N2O2. The number of hydrogen-bond acceptors (Lipinski definition) is 3. The molecule has 0 spiro atoms. The summed E-state index contributed by atoms with van der Waals surface area (Å²) in [6.07, 6.45) is 56.5.